The summed E-state index contributed by atoms with van der Waals surface area (Å²) in [6.45, 7) is 0. The normalized spacial score (nSPS) is 11.9. The van der Waals surface area contributed by atoms with E-state index in [1.807, 2.05) is 23.7 Å². The molecule has 2 aromatic rings. The molecule has 1 heterocycles. The summed E-state index contributed by atoms with van der Waals surface area (Å²) in [4.78, 5) is 8.01. The van der Waals surface area contributed by atoms with E-state index in [0.717, 1.165) is 15.9 Å². The van der Waals surface area contributed by atoms with Crippen molar-refractivity contribution in [2.75, 3.05) is 12.4 Å². The van der Waals surface area contributed by atoms with Crippen LogP contribution < -0.4 is 11.1 Å². The van der Waals surface area contributed by atoms with Gasteiger partial charge in [-0.3, -0.25) is 4.99 Å². The minimum absolute atomic E-state index is 0.411. The fourth-order valence-electron chi connectivity index (χ4n) is 1.14. The molecule has 14 heavy (non-hydrogen) atoms. The van der Waals surface area contributed by atoms with Crippen molar-refractivity contribution in [3.63, 3.8) is 0 Å². The molecule has 0 radical (unpaired) electrons. The molecule has 4 nitrogen and oxygen atoms in total. The summed E-state index contributed by atoms with van der Waals surface area (Å²) < 4.78 is 1.14. The Kier molecular flexibility index (Phi) is 2.32. The van der Waals surface area contributed by atoms with Crippen LogP contribution in [0.25, 0.3) is 10.2 Å². The number of guanidine groups is 1. The van der Waals surface area contributed by atoms with Crippen LogP contribution in [-0.2, 0) is 0 Å². The number of nitrogens with two attached hydrogens (primary N) is 1. The Hall–Kier alpha value is -1.62. The third-order valence-electron chi connectivity index (χ3n) is 1.84. The van der Waals surface area contributed by atoms with E-state index in [1.165, 1.54) is 0 Å². The molecule has 0 saturated heterocycles. The first-order valence-corrected chi connectivity index (χ1v) is 5.00. The maximum atomic E-state index is 5.55. The summed E-state index contributed by atoms with van der Waals surface area (Å²) >= 11 is 1.60. The van der Waals surface area contributed by atoms with E-state index in [4.69, 9.17) is 5.73 Å². The Morgan fingerprint density at radius 3 is 3.21 bits per heavy atom. The number of aliphatic imine (C=N–C) groups is 1. The number of nitrogens with zero attached hydrogens (tertiary/aromatic N) is 2. The van der Waals surface area contributed by atoms with E-state index in [0.29, 0.717) is 5.96 Å². The molecule has 1 aromatic carbocycles. The molecule has 2 rings (SSSR count). The van der Waals surface area contributed by atoms with Crippen LogP contribution in [0.3, 0.4) is 0 Å². The smallest absolute Gasteiger partial charge is 0.192 e. The fourth-order valence-corrected chi connectivity index (χ4v) is 1.85. The molecule has 1 aromatic heterocycles. The average Bonchev–Trinajstić information content (AvgIpc) is 2.64. The van der Waals surface area contributed by atoms with Crippen molar-refractivity contribution in [3.8, 4) is 0 Å². The standard InChI is InChI=1S/C9H10N4S/c1-11-9(10)13-6-2-3-7-8(4-6)14-5-12-7/h2-5H,1H3,(H3,10,11,13). The van der Waals surface area contributed by atoms with Crippen LogP contribution in [0.15, 0.2) is 28.7 Å². The van der Waals surface area contributed by atoms with Gasteiger partial charge in [-0.05, 0) is 18.2 Å². The first-order valence-electron chi connectivity index (χ1n) is 4.12. The van der Waals surface area contributed by atoms with Crippen LogP contribution in [0.2, 0.25) is 0 Å². The Labute approximate surface area is 85.5 Å². The molecular formula is C9H10N4S. The molecule has 5 heteroatoms. The van der Waals surface area contributed by atoms with E-state index in [-0.39, 0.29) is 0 Å². The van der Waals surface area contributed by atoms with E-state index in [9.17, 15) is 0 Å². The second kappa shape index (κ2) is 3.63. The number of rotatable bonds is 1. The van der Waals surface area contributed by atoms with Crippen LogP contribution in [0.5, 0.6) is 0 Å². The Balaban J connectivity index is 2.34. The molecule has 0 bridgehead atoms. The highest BCUT2D eigenvalue weighted by Gasteiger charge is 1.98. The van der Waals surface area contributed by atoms with E-state index in [2.05, 4.69) is 15.3 Å². The van der Waals surface area contributed by atoms with E-state index >= 15 is 0 Å². The molecule has 0 atom stereocenters. The van der Waals surface area contributed by atoms with Crippen molar-refractivity contribution in [2.45, 2.75) is 0 Å². The lowest BCUT2D eigenvalue weighted by Crippen LogP contribution is -2.21. The van der Waals surface area contributed by atoms with Gasteiger partial charge in [0.2, 0.25) is 0 Å². The Bertz CT molecular complexity index is 474. The van der Waals surface area contributed by atoms with E-state index in [1.54, 1.807) is 18.4 Å². The molecule has 0 fully saturated rings. The summed E-state index contributed by atoms with van der Waals surface area (Å²) in [5, 5.41) is 2.98. The molecule has 0 aliphatic carbocycles. The van der Waals surface area contributed by atoms with Crippen molar-refractivity contribution >= 4 is 33.2 Å². The second-order valence-electron chi connectivity index (χ2n) is 2.77. The van der Waals surface area contributed by atoms with Gasteiger partial charge < -0.3 is 11.1 Å². The predicted octanol–water partition coefficient (Wildman–Crippen LogP) is 1.65. The SMILES string of the molecule is C/N=C(\N)Nc1ccc2ncsc2c1. The lowest BCUT2D eigenvalue weighted by molar-refractivity contribution is 1.38. The number of fused-ring (bicyclic) bond motifs is 1. The van der Waals surface area contributed by atoms with Gasteiger partial charge in [-0.25, -0.2) is 4.98 Å². The summed E-state index contributed by atoms with van der Waals surface area (Å²) in [5.41, 5.74) is 9.32. The van der Waals surface area contributed by atoms with Crippen LogP contribution in [0.1, 0.15) is 0 Å². The van der Waals surface area contributed by atoms with E-state index < -0.39 is 0 Å². The van der Waals surface area contributed by atoms with Gasteiger partial charge in [0.25, 0.3) is 0 Å². The summed E-state index contributed by atoms with van der Waals surface area (Å²) in [7, 11) is 1.65. The van der Waals surface area contributed by atoms with Gasteiger partial charge in [0.15, 0.2) is 5.96 Å². The topological polar surface area (TPSA) is 63.3 Å². The largest absolute Gasteiger partial charge is 0.370 e. The van der Waals surface area contributed by atoms with Crippen LogP contribution >= 0.6 is 11.3 Å². The average molecular weight is 206 g/mol. The maximum absolute atomic E-state index is 5.55. The number of benzene rings is 1. The molecular weight excluding hydrogens is 196 g/mol. The molecule has 0 amide bonds. The predicted molar refractivity (Wildman–Crippen MR) is 60.8 cm³/mol. The number of aromatic nitrogens is 1. The Morgan fingerprint density at radius 1 is 1.57 bits per heavy atom. The van der Waals surface area contributed by atoms with Crippen LogP contribution in [0, 0.1) is 0 Å². The second-order valence-corrected chi connectivity index (χ2v) is 3.66. The zero-order valence-corrected chi connectivity index (χ0v) is 8.51. The van der Waals surface area contributed by atoms with Gasteiger partial charge in [0, 0.05) is 12.7 Å². The summed E-state index contributed by atoms with van der Waals surface area (Å²) in [5.74, 6) is 0.411. The minimum Gasteiger partial charge on any atom is -0.370 e. The number of anilines is 1. The first kappa shape index (κ1) is 8.96. The number of hydrogen-bond acceptors (Lipinski definition) is 3. The zero-order valence-electron chi connectivity index (χ0n) is 7.69. The highest BCUT2D eigenvalue weighted by atomic mass is 32.1. The summed E-state index contributed by atoms with van der Waals surface area (Å²) in [6, 6.07) is 5.89. The van der Waals surface area contributed by atoms with Gasteiger partial charge in [-0.15, -0.1) is 11.3 Å². The van der Waals surface area contributed by atoms with Crippen molar-refractivity contribution in [2.24, 2.45) is 10.7 Å². The third kappa shape index (κ3) is 1.67. The fraction of sp³-hybridized carbons (Fsp3) is 0.111. The van der Waals surface area contributed by atoms with Gasteiger partial charge in [0.05, 0.1) is 15.7 Å². The van der Waals surface area contributed by atoms with Gasteiger partial charge in [-0.1, -0.05) is 0 Å². The van der Waals surface area contributed by atoms with Crippen molar-refractivity contribution in [1.29, 1.82) is 0 Å². The molecule has 0 aliphatic rings. The van der Waals surface area contributed by atoms with Crippen molar-refractivity contribution in [1.82, 2.24) is 4.98 Å². The van der Waals surface area contributed by atoms with Crippen LogP contribution in [0.4, 0.5) is 5.69 Å². The lowest BCUT2D eigenvalue weighted by Gasteiger charge is -2.03. The van der Waals surface area contributed by atoms with Crippen molar-refractivity contribution in [3.05, 3.63) is 23.7 Å². The Morgan fingerprint density at radius 2 is 2.43 bits per heavy atom. The molecule has 0 spiro atoms. The number of thiazole rings is 1. The maximum Gasteiger partial charge on any atom is 0.192 e. The monoisotopic (exact) mass is 206 g/mol. The first-order chi connectivity index (χ1) is 6.79. The molecule has 0 saturated carbocycles. The number of hydrogen-bond donors (Lipinski definition) is 2. The highest BCUT2D eigenvalue weighted by molar-refractivity contribution is 7.16. The third-order valence-corrected chi connectivity index (χ3v) is 2.64. The highest BCUT2D eigenvalue weighted by Crippen LogP contribution is 2.21. The molecule has 3 N–H and O–H groups in total. The van der Waals surface area contributed by atoms with Crippen LogP contribution in [-0.4, -0.2) is 18.0 Å². The van der Waals surface area contributed by atoms with Crippen molar-refractivity contribution < 1.29 is 0 Å². The number of nitrogens with one attached hydrogen (secondary N) is 1. The molecule has 0 unspecified atom stereocenters. The van der Waals surface area contributed by atoms with Gasteiger partial charge >= 0.3 is 0 Å². The lowest BCUT2D eigenvalue weighted by atomic mass is 10.3. The van der Waals surface area contributed by atoms with Gasteiger partial charge in [0.1, 0.15) is 0 Å². The molecule has 72 valence electrons. The summed E-state index contributed by atoms with van der Waals surface area (Å²) in [6.07, 6.45) is 0. The molecule has 0 aliphatic heterocycles. The minimum atomic E-state index is 0.411. The van der Waals surface area contributed by atoms with Gasteiger partial charge in [-0.2, -0.15) is 0 Å². The zero-order chi connectivity index (χ0) is 9.97. The quantitative estimate of drug-likeness (QED) is 0.551.